The van der Waals surface area contributed by atoms with Crippen molar-refractivity contribution in [1.82, 2.24) is 0 Å². The van der Waals surface area contributed by atoms with E-state index in [1.54, 1.807) is 0 Å². The Hall–Kier alpha value is -2.54. The van der Waals surface area contributed by atoms with Gasteiger partial charge in [0.2, 0.25) is 0 Å². The molecule has 0 radical (unpaired) electrons. The van der Waals surface area contributed by atoms with Crippen molar-refractivity contribution in [3.8, 4) is 11.5 Å². The zero-order chi connectivity index (χ0) is 27.9. The number of ether oxygens (including phenoxy) is 3. The van der Waals surface area contributed by atoms with E-state index in [0.717, 1.165) is 43.4 Å². The molecule has 0 spiro atoms. The second kappa shape index (κ2) is 13.2. The average Bonchev–Trinajstić information content (AvgIpc) is 2.93. The molecular formula is C34H42IO4+. The summed E-state index contributed by atoms with van der Waals surface area (Å²) >= 11 is -0.234. The molecule has 1 aliphatic rings. The third-order valence-corrected chi connectivity index (χ3v) is 10.6. The van der Waals surface area contributed by atoms with Crippen molar-refractivity contribution in [2.75, 3.05) is 6.61 Å². The van der Waals surface area contributed by atoms with Crippen LogP contribution in [0.25, 0.3) is 0 Å². The molecule has 4 rings (SSSR count). The summed E-state index contributed by atoms with van der Waals surface area (Å²) in [4.78, 5) is 12.4. The smallest absolute Gasteiger partial charge is 0.358 e. The first kappa shape index (κ1) is 29.4. The van der Waals surface area contributed by atoms with Crippen LogP contribution in [0.3, 0.4) is 0 Å². The molecule has 1 aliphatic carbocycles. The van der Waals surface area contributed by atoms with Crippen LogP contribution in [-0.2, 0) is 21.6 Å². The SMILES string of the molecule is CCC1(OC(=O)COc2ccc(COc3ccc([I+]c4ccc(C(C)(C)C)cc4)c(C)c3)cc2)CCCCC1. The fourth-order valence-corrected chi connectivity index (χ4v) is 7.26. The van der Waals surface area contributed by atoms with Gasteiger partial charge < -0.3 is 14.2 Å². The van der Waals surface area contributed by atoms with Crippen LogP contribution in [0.1, 0.15) is 82.9 Å². The summed E-state index contributed by atoms with van der Waals surface area (Å²) in [6.07, 6.45) is 6.26. The van der Waals surface area contributed by atoms with Gasteiger partial charge in [0.1, 0.15) is 23.7 Å². The Labute approximate surface area is 244 Å². The Balaban J connectivity index is 1.24. The van der Waals surface area contributed by atoms with E-state index in [1.807, 2.05) is 24.3 Å². The van der Waals surface area contributed by atoms with E-state index < -0.39 is 0 Å². The maximum Gasteiger partial charge on any atom is 0.358 e. The maximum atomic E-state index is 12.4. The van der Waals surface area contributed by atoms with Crippen molar-refractivity contribution >= 4 is 5.97 Å². The topological polar surface area (TPSA) is 44.8 Å². The molecule has 0 heterocycles. The van der Waals surface area contributed by atoms with Crippen LogP contribution in [0.15, 0.2) is 66.7 Å². The molecule has 0 saturated heterocycles. The van der Waals surface area contributed by atoms with E-state index in [1.165, 1.54) is 24.7 Å². The van der Waals surface area contributed by atoms with Crippen molar-refractivity contribution in [3.63, 3.8) is 0 Å². The molecule has 3 aromatic carbocycles. The fraction of sp³-hybridized carbons (Fsp3) is 0.441. The van der Waals surface area contributed by atoms with E-state index in [0.29, 0.717) is 12.4 Å². The molecule has 208 valence electrons. The lowest BCUT2D eigenvalue weighted by Gasteiger charge is -2.35. The summed E-state index contributed by atoms with van der Waals surface area (Å²) in [5.74, 6) is 1.25. The largest absolute Gasteiger partial charge is 0.489 e. The lowest BCUT2D eigenvalue weighted by atomic mass is 9.83. The van der Waals surface area contributed by atoms with Crippen LogP contribution >= 0.6 is 0 Å². The summed E-state index contributed by atoms with van der Waals surface area (Å²) in [7, 11) is 0. The average molecular weight is 642 g/mol. The van der Waals surface area contributed by atoms with E-state index >= 15 is 0 Å². The van der Waals surface area contributed by atoms with Gasteiger partial charge in [-0.1, -0.05) is 58.4 Å². The third kappa shape index (κ3) is 8.47. The number of hydrogen-bond donors (Lipinski definition) is 0. The molecule has 39 heavy (non-hydrogen) atoms. The maximum absolute atomic E-state index is 12.4. The van der Waals surface area contributed by atoms with Crippen LogP contribution in [0, 0.1) is 14.1 Å². The number of carbonyl (C=O) groups is 1. The highest BCUT2D eigenvalue weighted by atomic mass is 127. The van der Waals surface area contributed by atoms with Crippen LogP contribution < -0.4 is 30.7 Å². The normalized spacial score (nSPS) is 15.0. The van der Waals surface area contributed by atoms with Crippen molar-refractivity contribution in [2.24, 2.45) is 0 Å². The van der Waals surface area contributed by atoms with Crippen LogP contribution in [-0.4, -0.2) is 18.2 Å². The van der Waals surface area contributed by atoms with Crippen molar-refractivity contribution in [1.29, 1.82) is 0 Å². The zero-order valence-corrected chi connectivity index (χ0v) is 26.2. The lowest BCUT2D eigenvalue weighted by molar-refractivity contribution is -0.598. The Morgan fingerprint density at radius 2 is 1.54 bits per heavy atom. The molecule has 1 saturated carbocycles. The van der Waals surface area contributed by atoms with E-state index in [-0.39, 0.29) is 44.8 Å². The molecule has 5 heteroatoms. The molecule has 0 amide bonds. The zero-order valence-electron chi connectivity index (χ0n) is 24.0. The molecule has 1 fully saturated rings. The highest BCUT2D eigenvalue weighted by Gasteiger charge is 2.34. The lowest BCUT2D eigenvalue weighted by Crippen LogP contribution is -3.61. The Kier molecular flexibility index (Phi) is 9.97. The number of halogens is 1. The van der Waals surface area contributed by atoms with Crippen LogP contribution in [0.5, 0.6) is 11.5 Å². The minimum atomic E-state index is -0.296. The van der Waals surface area contributed by atoms with E-state index in [9.17, 15) is 4.79 Å². The quantitative estimate of drug-likeness (QED) is 0.230. The second-order valence-electron chi connectivity index (χ2n) is 11.6. The Morgan fingerprint density at radius 3 is 2.15 bits per heavy atom. The summed E-state index contributed by atoms with van der Waals surface area (Å²) in [5, 5.41) is 0. The molecule has 4 nitrogen and oxygen atoms in total. The van der Waals surface area contributed by atoms with Gasteiger partial charge in [-0.05, 0) is 98.0 Å². The predicted molar refractivity (Wildman–Crippen MR) is 152 cm³/mol. The first-order valence-electron chi connectivity index (χ1n) is 14.1. The fourth-order valence-electron chi connectivity index (χ4n) is 4.93. The summed E-state index contributed by atoms with van der Waals surface area (Å²) in [6.45, 7) is 11.4. The highest BCUT2D eigenvalue weighted by molar-refractivity contribution is 5.71. The van der Waals surface area contributed by atoms with Gasteiger partial charge in [0.15, 0.2) is 13.7 Å². The number of benzene rings is 3. The molecule has 0 unspecified atom stereocenters. The Bertz CT molecular complexity index is 1220. The van der Waals surface area contributed by atoms with Gasteiger partial charge in [0, 0.05) is 5.56 Å². The molecule has 0 bridgehead atoms. The van der Waals surface area contributed by atoms with Crippen LogP contribution in [0.4, 0.5) is 0 Å². The van der Waals surface area contributed by atoms with Crippen molar-refractivity contribution in [2.45, 2.75) is 90.8 Å². The molecule has 0 N–H and O–H groups in total. The predicted octanol–water partition coefficient (Wildman–Crippen LogP) is 5.03. The second-order valence-corrected chi connectivity index (χ2v) is 14.5. The van der Waals surface area contributed by atoms with Gasteiger partial charge in [-0.3, -0.25) is 0 Å². The van der Waals surface area contributed by atoms with Gasteiger partial charge in [-0.2, -0.15) is 0 Å². The van der Waals surface area contributed by atoms with Gasteiger partial charge in [0.05, 0.1) is 0 Å². The van der Waals surface area contributed by atoms with E-state index in [4.69, 9.17) is 14.2 Å². The molecular weight excluding hydrogens is 599 g/mol. The monoisotopic (exact) mass is 641 g/mol. The number of esters is 1. The van der Waals surface area contributed by atoms with E-state index in [2.05, 4.69) is 77.1 Å². The van der Waals surface area contributed by atoms with Gasteiger partial charge >= 0.3 is 27.2 Å². The highest BCUT2D eigenvalue weighted by Crippen LogP contribution is 2.34. The minimum absolute atomic E-state index is 0.0629. The van der Waals surface area contributed by atoms with Crippen molar-refractivity contribution in [3.05, 3.63) is 90.6 Å². The molecule has 0 aromatic heterocycles. The van der Waals surface area contributed by atoms with Crippen molar-refractivity contribution < 1.29 is 40.2 Å². The number of rotatable bonds is 10. The number of carbonyl (C=O) groups excluding carboxylic acids is 1. The number of aryl methyl sites for hydroxylation is 1. The molecule has 0 aliphatic heterocycles. The van der Waals surface area contributed by atoms with Gasteiger partial charge in [-0.15, -0.1) is 0 Å². The third-order valence-electron chi connectivity index (χ3n) is 7.48. The van der Waals surface area contributed by atoms with Gasteiger partial charge in [-0.25, -0.2) is 4.79 Å². The first-order chi connectivity index (χ1) is 18.7. The molecule has 3 aromatic rings. The molecule has 0 atom stereocenters. The summed E-state index contributed by atoms with van der Waals surface area (Å²) in [6, 6.07) is 23.2. The first-order valence-corrected chi connectivity index (χ1v) is 16.2. The van der Waals surface area contributed by atoms with Gasteiger partial charge in [0.25, 0.3) is 0 Å². The van der Waals surface area contributed by atoms with Crippen LogP contribution in [0.2, 0.25) is 0 Å². The number of hydrogen-bond acceptors (Lipinski definition) is 4. The summed E-state index contributed by atoms with van der Waals surface area (Å²) < 4.78 is 20.5. The standard InChI is InChI=1S/C34H42IO4/c1-6-34(20-8-7-9-21-34)39-32(36)24-38-29-16-10-26(11-17-29)23-37-30-18-19-31(25(2)22-30)35-28-14-12-27(13-15-28)33(3,4)5/h10-19,22H,6-9,20-21,23-24H2,1-5H3/q+1. The minimum Gasteiger partial charge on any atom is -0.489 e. The Morgan fingerprint density at radius 1 is 0.872 bits per heavy atom. The summed E-state index contributed by atoms with van der Waals surface area (Å²) in [5.41, 5.74) is 3.58.